The van der Waals surface area contributed by atoms with Gasteiger partial charge in [0.15, 0.2) is 11.6 Å². The number of hydrogen-bond donors (Lipinski definition) is 0. The number of nitrogens with zero attached hydrogens (tertiary/aromatic N) is 7. The molecule has 8 nitrogen and oxygen atoms in total. The molecule has 1 aromatic carbocycles. The zero-order valence-electron chi connectivity index (χ0n) is 16.0. The Balaban J connectivity index is 1.70. The zero-order chi connectivity index (χ0) is 19.8. The molecule has 0 unspecified atom stereocenters. The van der Waals surface area contributed by atoms with E-state index in [4.69, 9.17) is 4.74 Å². The number of aromatic nitrogens is 7. The topological polar surface area (TPSA) is 83.5 Å². The van der Waals surface area contributed by atoms with Crippen molar-refractivity contribution < 1.29 is 4.74 Å². The van der Waals surface area contributed by atoms with Gasteiger partial charge in [-0.25, -0.2) is 9.97 Å². The Morgan fingerprint density at radius 3 is 2.90 bits per heavy atom. The molecule has 5 rings (SSSR count). The molecule has 0 spiro atoms. The summed E-state index contributed by atoms with van der Waals surface area (Å²) in [6.45, 7) is 2.98. The number of benzene rings is 1. The fourth-order valence-electron chi connectivity index (χ4n) is 3.45. The minimum absolute atomic E-state index is 0.378. The van der Waals surface area contributed by atoms with Crippen LogP contribution >= 0.6 is 0 Å². The molecule has 1 aliphatic heterocycles. The summed E-state index contributed by atoms with van der Waals surface area (Å²) in [6.07, 6.45) is 6.68. The maximum absolute atomic E-state index is 5.32. The third-order valence-electron chi connectivity index (χ3n) is 4.80. The Hall–Kier alpha value is -3.83. The molecule has 0 bridgehead atoms. The number of rotatable bonds is 2. The highest BCUT2D eigenvalue weighted by Crippen LogP contribution is 2.32. The van der Waals surface area contributed by atoms with Gasteiger partial charge in [0.1, 0.15) is 24.3 Å². The summed E-state index contributed by atoms with van der Waals surface area (Å²) in [6, 6.07) is 6.28. The van der Waals surface area contributed by atoms with Crippen LogP contribution in [0.3, 0.4) is 0 Å². The van der Waals surface area contributed by atoms with Gasteiger partial charge in [-0.1, -0.05) is 11.6 Å². The normalized spacial score (nSPS) is 11.7. The van der Waals surface area contributed by atoms with E-state index in [0.717, 1.165) is 34.2 Å². The highest BCUT2D eigenvalue weighted by Gasteiger charge is 2.25. The number of imidazole rings is 1. The molecule has 0 amide bonds. The molecule has 0 radical (unpaired) electrons. The van der Waals surface area contributed by atoms with Crippen LogP contribution in [0.5, 0.6) is 0 Å². The zero-order valence-corrected chi connectivity index (χ0v) is 16.0. The third kappa shape index (κ3) is 2.98. The monoisotopic (exact) mass is 383 g/mol. The van der Waals surface area contributed by atoms with Gasteiger partial charge in [0.25, 0.3) is 0 Å². The van der Waals surface area contributed by atoms with E-state index in [1.165, 1.54) is 0 Å². The van der Waals surface area contributed by atoms with E-state index < -0.39 is 0 Å². The Bertz CT molecular complexity index is 1260. The van der Waals surface area contributed by atoms with Crippen LogP contribution in [-0.2, 0) is 17.9 Å². The van der Waals surface area contributed by atoms with Crippen LogP contribution in [0.15, 0.2) is 43.1 Å². The van der Waals surface area contributed by atoms with Gasteiger partial charge in [-0.05, 0) is 30.9 Å². The van der Waals surface area contributed by atoms with E-state index in [9.17, 15) is 0 Å². The first-order chi connectivity index (χ1) is 14.2. The molecule has 0 aliphatic carbocycles. The molecule has 0 N–H and O–H groups in total. The summed E-state index contributed by atoms with van der Waals surface area (Å²) in [7, 11) is 1.65. The smallest absolute Gasteiger partial charge is 0.166 e. The van der Waals surface area contributed by atoms with Crippen LogP contribution in [-0.4, -0.2) is 41.4 Å². The summed E-state index contributed by atoms with van der Waals surface area (Å²) in [4.78, 5) is 12.8. The van der Waals surface area contributed by atoms with Crippen molar-refractivity contribution in [2.45, 2.75) is 20.1 Å². The highest BCUT2D eigenvalue weighted by molar-refractivity contribution is 5.70. The molecule has 4 heterocycles. The molecule has 3 aromatic heterocycles. The number of ether oxygens (including phenoxy) is 1. The third-order valence-corrected chi connectivity index (χ3v) is 4.80. The molecule has 1 aliphatic rings. The Morgan fingerprint density at radius 1 is 1.14 bits per heavy atom. The van der Waals surface area contributed by atoms with Crippen molar-refractivity contribution in [3.05, 3.63) is 71.6 Å². The van der Waals surface area contributed by atoms with Crippen molar-refractivity contribution in [2.75, 3.05) is 7.11 Å². The first kappa shape index (κ1) is 17.3. The lowest BCUT2D eigenvalue weighted by molar-refractivity contribution is 0.174. The fraction of sp³-hybridized carbons (Fsp3) is 0.190. The maximum Gasteiger partial charge on any atom is 0.166 e. The van der Waals surface area contributed by atoms with Crippen LogP contribution in [0.4, 0.5) is 0 Å². The van der Waals surface area contributed by atoms with Crippen LogP contribution in [0, 0.1) is 18.8 Å². The Labute approximate surface area is 167 Å². The fourth-order valence-corrected chi connectivity index (χ4v) is 3.45. The SMILES string of the molecule is COCc1nnc2n1Cc1c(C#Cc3cnccn3)ncn1-c1ccc(C)cc1-2. The van der Waals surface area contributed by atoms with E-state index in [1.807, 2.05) is 0 Å². The lowest BCUT2D eigenvalue weighted by Gasteiger charge is -2.08. The van der Waals surface area contributed by atoms with Crippen molar-refractivity contribution in [2.24, 2.45) is 0 Å². The molecule has 0 saturated heterocycles. The molecular formula is C21H17N7O. The lowest BCUT2D eigenvalue weighted by Crippen LogP contribution is -2.09. The molecule has 4 aromatic rings. The molecule has 0 fully saturated rings. The highest BCUT2D eigenvalue weighted by atomic mass is 16.5. The van der Waals surface area contributed by atoms with E-state index in [0.29, 0.717) is 24.5 Å². The van der Waals surface area contributed by atoms with Gasteiger partial charge in [-0.2, -0.15) is 0 Å². The molecule has 8 heteroatoms. The number of hydrogen-bond acceptors (Lipinski definition) is 6. The Kier molecular flexibility index (Phi) is 4.15. The molecule has 0 atom stereocenters. The van der Waals surface area contributed by atoms with Crippen molar-refractivity contribution in [3.63, 3.8) is 0 Å². The van der Waals surface area contributed by atoms with Crippen molar-refractivity contribution >= 4 is 0 Å². The van der Waals surface area contributed by atoms with E-state index in [-0.39, 0.29) is 0 Å². The van der Waals surface area contributed by atoms with Crippen molar-refractivity contribution in [3.8, 4) is 28.9 Å². The van der Waals surface area contributed by atoms with Crippen LogP contribution in [0.1, 0.15) is 28.5 Å². The molecular weight excluding hydrogens is 366 g/mol. The summed E-state index contributed by atoms with van der Waals surface area (Å²) in [5, 5.41) is 8.79. The first-order valence-electron chi connectivity index (χ1n) is 9.11. The molecule has 29 heavy (non-hydrogen) atoms. The average molecular weight is 383 g/mol. The Morgan fingerprint density at radius 2 is 2.07 bits per heavy atom. The summed E-state index contributed by atoms with van der Waals surface area (Å²) in [5.74, 6) is 7.76. The summed E-state index contributed by atoms with van der Waals surface area (Å²) in [5.41, 5.74) is 5.40. The van der Waals surface area contributed by atoms with Gasteiger partial charge in [0.05, 0.1) is 24.1 Å². The van der Waals surface area contributed by atoms with Crippen LogP contribution in [0.25, 0.3) is 17.1 Å². The van der Waals surface area contributed by atoms with Gasteiger partial charge >= 0.3 is 0 Å². The summed E-state index contributed by atoms with van der Waals surface area (Å²) >= 11 is 0. The average Bonchev–Trinajstić information content (AvgIpc) is 3.29. The van der Waals surface area contributed by atoms with Gasteiger partial charge < -0.3 is 9.30 Å². The molecule has 142 valence electrons. The number of methoxy groups -OCH3 is 1. The van der Waals surface area contributed by atoms with Crippen LogP contribution < -0.4 is 0 Å². The van der Waals surface area contributed by atoms with Crippen molar-refractivity contribution in [1.82, 2.24) is 34.3 Å². The predicted molar refractivity (Wildman–Crippen MR) is 105 cm³/mol. The second kappa shape index (κ2) is 6.96. The minimum atomic E-state index is 0.378. The van der Waals surface area contributed by atoms with Gasteiger partial charge in [-0.15, -0.1) is 10.2 Å². The lowest BCUT2D eigenvalue weighted by atomic mass is 10.1. The number of fused-ring (bicyclic) bond motifs is 5. The predicted octanol–water partition coefficient (Wildman–Crippen LogP) is 2.14. The standard InChI is InChI=1S/C21H17N7O/c1-14-3-6-18-16(9-14)21-26-25-20(12-29-2)27(21)11-19-17(24-13-28(18)19)5-4-15-10-22-7-8-23-15/h3,6-10,13H,11-12H2,1-2H3. The number of aryl methyl sites for hydroxylation is 1. The maximum atomic E-state index is 5.32. The van der Waals surface area contributed by atoms with E-state index >= 15 is 0 Å². The summed E-state index contributed by atoms with van der Waals surface area (Å²) < 4.78 is 9.46. The van der Waals surface area contributed by atoms with Crippen molar-refractivity contribution in [1.29, 1.82) is 0 Å². The molecule has 0 saturated carbocycles. The van der Waals surface area contributed by atoms with E-state index in [1.54, 1.807) is 32.0 Å². The van der Waals surface area contributed by atoms with E-state index in [2.05, 4.69) is 71.2 Å². The first-order valence-corrected chi connectivity index (χ1v) is 9.11. The minimum Gasteiger partial charge on any atom is -0.377 e. The second-order valence-electron chi connectivity index (χ2n) is 6.73. The second-order valence-corrected chi connectivity index (χ2v) is 6.73. The largest absolute Gasteiger partial charge is 0.377 e. The van der Waals surface area contributed by atoms with Gasteiger partial charge in [-0.3, -0.25) is 9.55 Å². The quantitative estimate of drug-likeness (QED) is 0.434. The van der Waals surface area contributed by atoms with Gasteiger partial charge in [0.2, 0.25) is 0 Å². The van der Waals surface area contributed by atoms with Gasteiger partial charge in [0, 0.05) is 25.1 Å². The van der Waals surface area contributed by atoms with Crippen LogP contribution in [0.2, 0.25) is 0 Å².